The van der Waals surface area contributed by atoms with Gasteiger partial charge in [0.2, 0.25) is 0 Å². The third kappa shape index (κ3) is 1.74. The number of hydrogen-bond acceptors (Lipinski definition) is 3. The van der Waals surface area contributed by atoms with Gasteiger partial charge < -0.3 is 0 Å². The second-order valence-corrected chi connectivity index (χ2v) is 5.32. The summed E-state index contributed by atoms with van der Waals surface area (Å²) in [6, 6.07) is 10.1. The molecular weight excluding hydrogens is 284 g/mol. The minimum absolute atomic E-state index is 1.02. The predicted octanol–water partition coefficient (Wildman–Crippen LogP) is 4.12. The van der Waals surface area contributed by atoms with E-state index in [-0.39, 0.29) is 0 Å². The summed E-state index contributed by atoms with van der Waals surface area (Å²) in [4.78, 5) is 8.69. The summed E-state index contributed by atoms with van der Waals surface area (Å²) in [6.45, 7) is 0. The lowest BCUT2D eigenvalue weighted by molar-refractivity contribution is 1.32. The lowest BCUT2D eigenvalue weighted by Gasteiger charge is -1.91. The van der Waals surface area contributed by atoms with E-state index in [1.807, 2.05) is 30.5 Å². The van der Waals surface area contributed by atoms with Gasteiger partial charge in [-0.25, -0.2) is 4.98 Å². The Morgan fingerprint density at radius 3 is 2.94 bits per heavy atom. The zero-order valence-corrected chi connectivity index (χ0v) is 10.6. The number of aromatic nitrogens is 2. The van der Waals surface area contributed by atoms with Gasteiger partial charge in [-0.1, -0.05) is 15.9 Å². The van der Waals surface area contributed by atoms with Crippen LogP contribution in [-0.2, 0) is 0 Å². The van der Waals surface area contributed by atoms with Crippen LogP contribution in [0.15, 0.2) is 47.2 Å². The molecule has 0 saturated carbocycles. The van der Waals surface area contributed by atoms with E-state index in [0.29, 0.717) is 0 Å². The molecule has 78 valence electrons. The number of rotatable bonds is 1. The predicted molar refractivity (Wildman–Crippen MR) is 70.6 cm³/mol. The molecule has 16 heavy (non-hydrogen) atoms. The second-order valence-electron chi connectivity index (χ2n) is 3.37. The van der Waals surface area contributed by atoms with Gasteiger partial charge in [-0.3, -0.25) is 4.98 Å². The van der Waals surface area contributed by atoms with Crippen LogP contribution in [0.2, 0.25) is 0 Å². The van der Waals surface area contributed by atoms with Crippen LogP contribution in [0, 0.1) is 0 Å². The van der Waals surface area contributed by atoms with Crippen molar-refractivity contribution in [1.29, 1.82) is 0 Å². The van der Waals surface area contributed by atoms with Gasteiger partial charge in [0.05, 0.1) is 10.2 Å². The molecule has 0 aliphatic carbocycles. The van der Waals surface area contributed by atoms with Crippen LogP contribution in [0.1, 0.15) is 0 Å². The van der Waals surface area contributed by atoms with Gasteiger partial charge in [0.1, 0.15) is 5.01 Å². The van der Waals surface area contributed by atoms with Gasteiger partial charge in [0, 0.05) is 22.4 Å². The zero-order chi connectivity index (χ0) is 11.0. The van der Waals surface area contributed by atoms with Crippen molar-refractivity contribution in [1.82, 2.24) is 9.97 Å². The van der Waals surface area contributed by atoms with E-state index >= 15 is 0 Å². The first-order valence-corrected chi connectivity index (χ1v) is 6.40. The third-order valence-electron chi connectivity index (χ3n) is 2.26. The average molecular weight is 291 g/mol. The van der Waals surface area contributed by atoms with Gasteiger partial charge in [-0.05, 0) is 30.3 Å². The van der Waals surface area contributed by atoms with Crippen molar-refractivity contribution < 1.29 is 0 Å². The molecule has 0 saturated heterocycles. The molecule has 0 bridgehead atoms. The molecule has 0 aliphatic heterocycles. The molecule has 2 aromatic heterocycles. The van der Waals surface area contributed by atoms with Crippen LogP contribution in [-0.4, -0.2) is 9.97 Å². The zero-order valence-electron chi connectivity index (χ0n) is 8.22. The molecular formula is C12H7BrN2S. The highest BCUT2D eigenvalue weighted by atomic mass is 79.9. The van der Waals surface area contributed by atoms with E-state index in [0.717, 1.165) is 20.6 Å². The Kier molecular flexibility index (Phi) is 2.46. The van der Waals surface area contributed by atoms with E-state index in [1.165, 1.54) is 4.70 Å². The molecule has 3 rings (SSSR count). The number of pyridine rings is 1. The summed E-state index contributed by atoms with van der Waals surface area (Å²) in [7, 11) is 0. The van der Waals surface area contributed by atoms with Crippen LogP contribution >= 0.6 is 27.3 Å². The monoisotopic (exact) mass is 290 g/mol. The fraction of sp³-hybridized carbons (Fsp3) is 0. The highest BCUT2D eigenvalue weighted by molar-refractivity contribution is 9.10. The lowest BCUT2D eigenvalue weighted by atomic mass is 10.3. The molecule has 0 spiro atoms. The Bertz CT molecular complexity index is 634. The molecule has 3 aromatic rings. The van der Waals surface area contributed by atoms with Crippen molar-refractivity contribution in [2.45, 2.75) is 0 Å². The van der Waals surface area contributed by atoms with Gasteiger partial charge in [-0.2, -0.15) is 0 Å². The number of benzene rings is 1. The number of nitrogens with zero attached hydrogens (tertiary/aromatic N) is 2. The topological polar surface area (TPSA) is 25.8 Å². The summed E-state index contributed by atoms with van der Waals surface area (Å²) in [5, 5.41) is 1.02. The van der Waals surface area contributed by atoms with Gasteiger partial charge in [0.25, 0.3) is 0 Å². The van der Waals surface area contributed by atoms with E-state index in [2.05, 4.69) is 32.0 Å². The average Bonchev–Trinajstić information content (AvgIpc) is 2.73. The van der Waals surface area contributed by atoms with Crippen LogP contribution in [0.5, 0.6) is 0 Å². The van der Waals surface area contributed by atoms with Crippen LogP contribution < -0.4 is 0 Å². The highest BCUT2D eigenvalue weighted by Gasteiger charge is 2.05. The van der Waals surface area contributed by atoms with Crippen molar-refractivity contribution in [3.05, 3.63) is 47.2 Å². The quantitative estimate of drug-likeness (QED) is 0.674. The Balaban J connectivity index is 2.19. The van der Waals surface area contributed by atoms with E-state index in [1.54, 1.807) is 17.5 Å². The second kappa shape index (κ2) is 3.96. The number of hydrogen-bond donors (Lipinski definition) is 0. The SMILES string of the molecule is Brc1ccc2nc(-c3cccnc3)sc2c1. The fourth-order valence-electron chi connectivity index (χ4n) is 1.51. The molecule has 2 nitrogen and oxygen atoms in total. The lowest BCUT2D eigenvalue weighted by Crippen LogP contribution is -1.76. The molecule has 0 N–H and O–H groups in total. The largest absolute Gasteiger partial charge is 0.264 e. The fourth-order valence-corrected chi connectivity index (χ4v) is 3.02. The van der Waals surface area contributed by atoms with Gasteiger partial charge in [0.15, 0.2) is 0 Å². The first-order chi connectivity index (χ1) is 7.83. The molecule has 0 amide bonds. The molecule has 0 aliphatic rings. The van der Waals surface area contributed by atoms with Crippen LogP contribution in [0.25, 0.3) is 20.8 Å². The molecule has 0 radical (unpaired) electrons. The smallest absolute Gasteiger partial charge is 0.126 e. The summed E-state index contributed by atoms with van der Waals surface area (Å²) in [5.41, 5.74) is 2.10. The van der Waals surface area contributed by atoms with Gasteiger partial charge in [-0.15, -0.1) is 11.3 Å². The van der Waals surface area contributed by atoms with Crippen molar-refractivity contribution in [2.24, 2.45) is 0 Å². The molecule has 0 atom stereocenters. The van der Waals surface area contributed by atoms with Crippen LogP contribution in [0.4, 0.5) is 0 Å². The third-order valence-corrected chi connectivity index (χ3v) is 3.82. The first kappa shape index (κ1) is 9.93. The number of fused-ring (bicyclic) bond motifs is 1. The molecule has 0 unspecified atom stereocenters. The molecule has 0 fully saturated rings. The van der Waals surface area contributed by atoms with Crippen molar-refractivity contribution in [3.63, 3.8) is 0 Å². The summed E-state index contributed by atoms with van der Waals surface area (Å²) >= 11 is 5.15. The maximum atomic E-state index is 4.58. The highest BCUT2D eigenvalue weighted by Crippen LogP contribution is 2.31. The number of thiazole rings is 1. The van der Waals surface area contributed by atoms with Crippen molar-refractivity contribution in [2.75, 3.05) is 0 Å². The summed E-state index contributed by atoms with van der Waals surface area (Å²) in [5.74, 6) is 0. The minimum atomic E-state index is 1.02. The Morgan fingerprint density at radius 2 is 2.12 bits per heavy atom. The normalized spacial score (nSPS) is 10.8. The van der Waals surface area contributed by atoms with Crippen molar-refractivity contribution in [3.8, 4) is 10.6 Å². The Hall–Kier alpha value is -1.26. The van der Waals surface area contributed by atoms with E-state index in [9.17, 15) is 0 Å². The molecule has 4 heteroatoms. The minimum Gasteiger partial charge on any atom is -0.264 e. The van der Waals surface area contributed by atoms with Crippen molar-refractivity contribution >= 4 is 37.5 Å². The summed E-state index contributed by atoms with van der Waals surface area (Å²) < 4.78 is 2.27. The number of halogens is 1. The maximum Gasteiger partial charge on any atom is 0.126 e. The van der Waals surface area contributed by atoms with Gasteiger partial charge >= 0.3 is 0 Å². The first-order valence-electron chi connectivity index (χ1n) is 4.79. The maximum absolute atomic E-state index is 4.58. The summed E-state index contributed by atoms with van der Waals surface area (Å²) in [6.07, 6.45) is 3.61. The van der Waals surface area contributed by atoms with E-state index < -0.39 is 0 Å². The molecule has 2 heterocycles. The Morgan fingerprint density at radius 1 is 1.19 bits per heavy atom. The van der Waals surface area contributed by atoms with Crippen LogP contribution in [0.3, 0.4) is 0 Å². The van der Waals surface area contributed by atoms with E-state index in [4.69, 9.17) is 0 Å². The Labute approximate surface area is 105 Å². The standard InChI is InChI=1S/C12H7BrN2S/c13-9-3-4-10-11(6-9)16-12(15-10)8-2-1-5-14-7-8/h1-7H. The molecule has 1 aromatic carbocycles.